The van der Waals surface area contributed by atoms with E-state index in [1.807, 2.05) is 11.3 Å². The Morgan fingerprint density at radius 2 is 2.06 bits per heavy atom. The topological polar surface area (TPSA) is 12.0 Å². The summed E-state index contributed by atoms with van der Waals surface area (Å²) < 4.78 is 0. The minimum absolute atomic E-state index is 0.599. The minimum Gasteiger partial charge on any atom is -0.310 e. The van der Waals surface area contributed by atoms with E-state index < -0.39 is 0 Å². The molecule has 0 bridgehead atoms. The van der Waals surface area contributed by atoms with Crippen molar-refractivity contribution in [2.75, 3.05) is 6.54 Å². The van der Waals surface area contributed by atoms with Gasteiger partial charge in [0.05, 0.1) is 0 Å². The Bertz CT molecular complexity index is 350. The molecule has 1 aromatic heterocycles. The quantitative estimate of drug-likeness (QED) is 0.806. The molecule has 2 heteroatoms. The molecule has 1 heterocycles. The van der Waals surface area contributed by atoms with E-state index >= 15 is 0 Å². The zero-order valence-electron chi connectivity index (χ0n) is 11.4. The van der Waals surface area contributed by atoms with E-state index in [1.54, 1.807) is 4.88 Å². The Kier molecular flexibility index (Phi) is 4.63. The Morgan fingerprint density at radius 3 is 2.59 bits per heavy atom. The second kappa shape index (κ2) is 6.01. The first-order chi connectivity index (χ1) is 8.20. The number of hydrogen-bond acceptors (Lipinski definition) is 2. The summed E-state index contributed by atoms with van der Waals surface area (Å²) in [4.78, 5) is 3.03. The summed E-state index contributed by atoms with van der Waals surface area (Å²) in [6, 6.07) is 2.93. The Morgan fingerprint density at radius 1 is 1.35 bits per heavy atom. The van der Waals surface area contributed by atoms with Crippen LogP contribution in [0.2, 0.25) is 0 Å². The van der Waals surface area contributed by atoms with Crippen LogP contribution in [0.5, 0.6) is 0 Å². The van der Waals surface area contributed by atoms with E-state index in [0.29, 0.717) is 6.04 Å². The lowest BCUT2D eigenvalue weighted by atomic mass is 9.96. The predicted octanol–water partition coefficient (Wildman–Crippen LogP) is 4.60. The largest absolute Gasteiger partial charge is 0.310 e. The molecule has 0 amide bonds. The lowest BCUT2D eigenvalue weighted by Crippen LogP contribution is -2.22. The van der Waals surface area contributed by atoms with E-state index in [-0.39, 0.29) is 0 Å². The van der Waals surface area contributed by atoms with Crippen LogP contribution in [-0.2, 0) is 0 Å². The normalized spacial score (nSPS) is 18.8. The SMILES string of the molecule is CCNC(CC1CCCC1)c1sc(C)cc1C. The third kappa shape index (κ3) is 3.32. The highest BCUT2D eigenvalue weighted by molar-refractivity contribution is 7.12. The van der Waals surface area contributed by atoms with Crippen molar-refractivity contribution in [1.29, 1.82) is 0 Å². The molecular formula is C15H25NS. The van der Waals surface area contributed by atoms with Crippen molar-refractivity contribution in [3.63, 3.8) is 0 Å². The van der Waals surface area contributed by atoms with Crippen LogP contribution in [0.1, 0.15) is 60.4 Å². The molecule has 1 unspecified atom stereocenters. The van der Waals surface area contributed by atoms with Gasteiger partial charge in [0.15, 0.2) is 0 Å². The second-order valence-electron chi connectivity index (χ2n) is 5.40. The standard InChI is InChI=1S/C15H25NS/c1-4-16-14(10-13-7-5-6-8-13)15-11(2)9-12(3)17-15/h9,13-14,16H,4-8,10H2,1-3H3. The molecule has 1 nitrogen and oxygen atoms in total. The van der Waals surface area contributed by atoms with Crippen LogP contribution in [0.25, 0.3) is 0 Å². The van der Waals surface area contributed by atoms with Gasteiger partial charge < -0.3 is 5.32 Å². The van der Waals surface area contributed by atoms with Crippen molar-refractivity contribution < 1.29 is 0 Å². The van der Waals surface area contributed by atoms with Crippen LogP contribution in [0.3, 0.4) is 0 Å². The van der Waals surface area contributed by atoms with Gasteiger partial charge in [-0.2, -0.15) is 0 Å². The fraction of sp³-hybridized carbons (Fsp3) is 0.733. The van der Waals surface area contributed by atoms with E-state index in [1.165, 1.54) is 42.5 Å². The maximum Gasteiger partial charge on any atom is 0.0420 e. The van der Waals surface area contributed by atoms with Gasteiger partial charge in [-0.3, -0.25) is 0 Å². The van der Waals surface area contributed by atoms with Gasteiger partial charge in [-0.05, 0) is 44.4 Å². The number of aryl methyl sites for hydroxylation is 2. The van der Waals surface area contributed by atoms with Crippen LogP contribution in [0.15, 0.2) is 6.07 Å². The van der Waals surface area contributed by atoms with E-state index in [0.717, 1.165) is 12.5 Å². The van der Waals surface area contributed by atoms with Gasteiger partial charge >= 0.3 is 0 Å². The first-order valence-corrected chi connectivity index (χ1v) is 7.82. The summed E-state index contributed by atoms with van der Waals surface area (Å²) in [7, 11) is 0. The van der Waals surface area contributed by atoms with Crippen LogP contribution in [0, 0.1) is 19.8 Å². The number of thiophene rings is 1. The van der Waals surface area contributed by atoms with Crippen molar-refractivity contribution >= 4 is 11.3 Å². The zero-order valence-corrected chi connectivity index (χ0v) is 12.2. The molecule has 2 rings (SSSR count). The Labute approximate surface area is 110 Å². The van der Waals surface area contributed by atoms with Gasteiger partial charge in [-0.25, -0.2) is 0 Å². The van der Waals surface area contributed by atoms with Crippen molar-refractivity contribution in [3.05, 3.63) is 21.4 Å². The molecule has 0 saturated heterocycles. The third-order valence-electron chi connectivity index (χ3n) is 3.89. The molecule has 0 spiro atoms. The van der Waals surface area contributed by atoms with E-state index in [9.17, 15) is 0 Å². The molecule has 0 aromatic carbocycles. The fourth-order valence-electron chi connectivity index (χ4n) is 3.11. The first-order valence-electron chi connectivity index (χ1n) is 7.01. The average molecular weight is 251 g/mol. The highest BCUT2D eigenvalue weighted by Crippen LogP contribution is 2.36. The molecule has 1 fully saturated rings. The number of hydrogen-bond donors (Lipinski definition) is 1. The highest BCUT2D eigenvalue weighted by Gasteiger charge is 2.22. The predicted molar refractivity (Wildman–Crippen MR) is 76.8 cm³/mol. The van der Waals surface area contributed by atoms with Gasteiger partial charge in [0.1, 0.15) is 0 Å². The molecule has 96 valence electrons. The lowest BCUT2D eigenvalue weighted by Gasteiger charge is -2.21. The van der Waals surface area contributed by atoms with Crippen molar-refractivity contribution in [2.24, 2.45) is 5.92 Å². The fourth-order valence-corrected chi connectivity index (χ4v) is 4.24. The van der Waals surface area contributed by atoms with Crippen molar-refractivity contribution in [3.8, 4) is 0 Å². The molecular weight excluding hydrogens is 226 g/mol. The number of nitrogens with one attached hydrogen (secondary N) is 1. The molecule has 1 aliphatic carbocycles. The average Bonchev–Trinajstić information content (AvgIpc) is 2.88. The van der Waals surface area contributed by atoms with E-state index in [4.69, 9.17) is 0 Å². The first kappa shape index (κ1) is 13.1. The molecule has 1 aromatic rings. The van der Waals surface area contributed by atoms with Crippen LogP contribution < -0.4 is 5.32 Å². The summed E-state index contributed by atoms with van der Waals surface area (Å²) in [5.41, 5.74) is 1.48. The smallest absolute Gasteiger partial charge is 0.0420 e. The van der Waals surface area contributed by atoms with E-state index in [2.05, 4.69) is 32.2 Å². The molecule has 1 saturated carbocycles. The summed E-state index contributed by atoms with van der Waals surface area (Å²) in [6.07, 6.45) is 7.14. The molecule has 1 aliphatic rings. The molecule has 1 N–H and O–H groups in total. The second-order valence-corrected chi connectivity index (χ2v) is 6.69. The maximum absolute atomic E-state index is 3.69. The summed E-state index contributed by atoms with van der Waals surface area (Å²) in [5, 5.41) is 3.69. The Balaban J connectivity index is 2.07. The Hall–Kier alpha value is -0.340. The van der Waals surface area contributed by atoms with Crippen LogP contribution >= 0.6 is 11.3 Å². The lowest BCUT2D eigenvalue weighted by molar-refractivity contribution is 0.404. The maximum atomic E-state index is 3.69. The summed E-state index contributed by atoms with van der Waals surface area (Å²) in [6.45, 7) is 7.78. The summed E-state index contributed by atoms with van der Waals surface area (Å²) >= 11 is 1.98. The van der Waals surface area contributed by atoms with Crippen LogP contribution in [0.4, 0.5) is 0 Å². The van der Waals surface area contributed by atoms with Gasteiger partial charge in [0, 0.05) is 15.8 Å². The minimum atomic E-state index is 0.599. The molecule has 17 heavy (non-hydrogen) atoms. The van der Waals surface area contributed by atoms with Gasteiger partial charge in [0.2, 0.25) is 0 Å². The third-order valence-corrected chi connectivity index (χ3v) is 5.16. The van der Waals surface area contributed by atoms with Crippen molar-refractivity contribution in [1.82, 2.24) is 5.32 Å². The van der Waals surface area contributed by atoms with Gasteiger partial charge in [-0.15, -0.1) is 11.3 Å². The highest BCUT2D eigenvalue weighted by atomic mass is 32.1. The zero-order chi connectivity index (χ0) is 12.3. The molecule has 0 radical (unpaired) electrons. The molecule has 0 aliphatic heterocycles. The van der Waals surface area contributed by atoms with Gasteiger partial charge in [-0.1, -0.05) is 32.6 Å². The monoisotopic (exact) mass is 251 g/mol. The molecule has 1 atom stereocenters. The summed E-state index contributed by atoms with van der Waals surface area (Å²) in [5.74, 6) is 0.959. The number of rotatable bonds is 5. The van der Waals surface area contributed by atoms with Gasteiger partial charge in [0.25, 0.3) is 0 Å². The van der Waals surface area contributed by atoms with Crippen LogP contribution in [-0.4, -0.2) is 6.54 Å². The van der Waals surface area contributed by atoms with Crippen molar-refractivity contribution in [2.45, 2.75) is 58.9 Å².